The molecule has 0 saturated heterocycles. The van der Waals surface area contributed by atoms with Crippen molar-refractivity contribution in [3.8, 4) is 5.75 Å². The second-order valence-electron chi connectivity index (χ2n) is 7.63. The molecule has 1 aliphatic heterocycles. The molecule has 0 spiro atoms. The summed E-state index contributed by atoms with van der Waals surface area (Å²) in [4.78, 5) is 11.6. The standard InChI is InChI=1S/C13H16FN3O2.C9H9ClO2S/c1-6-4-5-9(14)10(7(6)2)8(3)11(15)12-16-17-13(18)19-12;10-5-1-2-7(13)9-8(5)6(11)3-4-12-9/h4-5,8,11H,15H2,1-3H3,(H,17,18);1-2,6,11,13H,3-4H2. The first-order valence-corrected chi connectivity index (χ1v) is 10.8. The number of benzene rings is 2. The lowest BCUT2D eigenvalue weighted by Crippen LogP contribution is -2.20. The van der Waals surface area contributed by atoms with Crippen molar-refractivity contribution in [2.75, 3.05) is 6.61 Å². The van der Waals surface area contributed by atoms with Crippen molar-refractivity contribution in [2.24, 2.45) is 5.73 Å². The average molecular weight is 482 g/mol. The number of H-pyrrole nitrogens is 1. The Balaban J connectivity index is 0.000000193. The molecule has 4 rings (SSSR count). The molecule has 0 bridgehead atoms. The lowest BCUT2D eigenvalue weighted by atomic mass is 9.88. The molecule has 0 aliphatic carbocycles. The molecule has 2 heterocycles. The molecular weight excluding hydrogens is 457 g/mol. The molecule has 2 aromatic carbocycles. The summed E-state index contributed by atoms with van der Waals surface area (Å²) in [6.07, 6.45) is 0.0626. The fraction of sp³-hybridized carbons (Fsp3) is 0.364. The Morgan fingerprint density at radius 3 is 2.69 bits per heavy atom. The number of hydrogen-bond acceptors (Lipinski definition) is 7. The maximum atomic E-state index is 14.0. The van der Waals surface area contributed by atoms with Gasteiger partial charge in [-0.3, -0.25) is 0 Å². The predicted octanol–water partition coefficient (Wildman–Crippen LogP) is 4.37. The number of aryl methyl sites for hydroxylation is 1. The van der Waals surface area contributed by atoms with Crippen LogP contribution in [0.5, 0.6) is 5.75 Å². The van der Waals surface area contributed by atoms with Gasteiger partial charge in [0.1, 0.15) is 11.6 Å². The number of aliphatic hydroxyl groups is 1. The zero-order chi connectivity index (χ0) is 23.6. The summed E-state index contributed by atoms with van der Waals surface area (Å²) in [6.45, 7) is 6.05. The predicted molar refractivity (Wildman–Crippen MR) is 122 cm³/mol. The second kappa shape index (κ2) is 10.1. The maximum Gasteiger partial charge on any atom is 0.434 e. The average Bonchev–Trinajstić information content (AvgIpc) is 3.20. The molecule has 10 heteroatoms. The number of halogens is 2. The molecule has 0 saturated carbocycles. The lowest BCUT2D eigenvalue weighted by molar-refractivity contribution is 0.113. The summed E-state index contributed by atoms with van der Waals surface area (Å²) >= 11 is 10.2. The highest BCUT2D eigenvalue weighted by Crippen LogP contribution is 2.41. The normalized spacial score (nSPS) is 16.9. The first kappa shape index (κ1) is 24.3. The highest BCUT2D eigenvalue weighted by atomic mass is 35.5. The van der Waals surface area contributed by atoms with E-state index in [0.717, 1.165) is 16.0 Å². The number of aromatic amines is 1. The molecule has 4 N–H and O–H groups in total. The number of aliphatic hydroxyl groups excluding tert-OH is 1. The van der Waals surface area contributed by atoms with Crippen LogP contribution in [-0.2, 0) is 0 Å². The minimum absolute atomic E-state index is 0.0813. The molecule has 0 radical (unpaired) electrons. The first-order valence-electron chi connectivity index (χ1n) is 10.0. The molecule has 3 unspecified atom stereocenters. The molecule has 3 aromatic rings. The zero-order valence-corrected chi connectivity index (χ0v) is 19.5. The third-order valence-corrected chi connectivity index (χ3v) is 6.24. The number of hydrogen-bond donors (Lipinski definition) is 4. The van der Waals surface area contributed by atoms with Gasteiger partial charge in [0.25, 0.3) is 0 Å². The lowest BCUT2D eigenvalue weighted by Gasteiger charge is -2.24. The van der Waals surface area contributed by atoms with Crippen LogP contribution in [0.15, 0.2) is 38.4 Å². The fourth-order valence-electron chi connectivity index (χ4n) is 3.58. The largest absolute Gasteiger partial charge is 0.492 e. The van der Waals surface area contributed by atoms with E-state index in [1.54, 1.807) is 25.1 Å². The number of aromatic nitrogens is 2. The van der Waals surface area contributed by atoms with E-state index in [9.17, 15) is 14.3 Å². The Morgan fingerprint density at radius 2 is 2.06 bits per heavy atom. The minimum Gasteiger partial charge on any atom is -0.492 e. The van der Waals surface area contributed by atoms with Crippen LogP contribution in [0.3, 0.4) is 0 Å². The van der Waals surface area contributed by atoms with Crippen molar-refractivity contribution in [1.82, 2.24) is 10.2 Å². The van der Waals surface area contributed by atoms with Gasteiger partial charge in [0.15, 0.2) is 0 Å². The van der Waals surface area contributed by atoms with Gasteiger partial charge in [0.2, 0.25) is 5.89 Å². The number of rotatable bonds is 3. The van der Waals surface area contributed by atoms with Crippen molar-refractivity contribution in [3.05, 3.63) is 73.8 Å². The van der Waals surface area contributed by atoms with E-state index in [4.69, 9.17) is 26.5 Å². The van der Waals surface area contributed by atoms with Gasteiger partial charge in [-0.25, -0.2) is 14.3 Å². The van der Waals surface area contributed by atoms with Crippen molar-refractivity contribution in [1.29, 1.82) is 0 Å². The van der Waals surface area contributed by atoms with Crippen molar-refractivity contribution >= 4 is 24.2 Å². The summed E-state index contributed by atoms with van der Waals surface area (Å²) in [5, 5.41) is 16.1. The highest BCUT2D eigenvalue weighted by molar-refractivity contribution is 7.80. The fourth-order valence-corrected chi connectivity index (χ4v) is 4.12. The van der Waals surface area contributed by atoms with Crippen LogP contribution in [0.1, 0.15) is 59.6 Å². The number of ether oxygens (including phenoxy) is 1. The molecule has 0 fully saturated rings. The van der Waals surface area contributed by atoms with Crippen LogP contribution in [0.4, 0.5) is 4.39 Å². The van der Waals surface area contributed by atoms with Crippen LogP contribution in [-0.4, -0.2) is 21.9 Å². The smallest absolute Gasteiger partial charge is 0.434 e. The van der Waals surface area contributed by atoms with E-state index in [-0.39, 0.29) is 17.6 Å². The first-order chi connectivity index (χ1) is 15.1. The van der Waals surface area contributed by atoms with Gasteiger partial charge in [-0.05, 0) is 48.7 Å². The van der Waals surface area contributed by atoms with Crippen LogP contribution < -0.4 is 16.2 Å². The molecule has 1 aliphatic rings. The topological polar surface area (TPSA) is 114 Å². The SMILES string of the molecule is Cc1ccc(F)c(C(C)C(N)c2n[nH]c(=O)o2)c1C.OC1CCOc2c(S)ccc(Cl)c21. The van der Waals surface area contributed by atoms with Gasteiger partial charge in [-0.15, -0.1) is 17.7 Å². The Labute approximate surface area is 195 Å². The Kier molecular flexibility index (Phi) is 7.66. The summed E-state index contributed by atoms with van der Waals surface area (Å²) in [5.74, 6) is -0.637. The summed E-state index contributed by atoms with van der Waals surface area (Å²) in [5.41, 5.74) is 9.02. The van der Waals surface area contributed by atoms with Crippen LogP contribution in [0, 0.1) is 19.7 Å². The number of thiol groups is 1. The summed E-state index contributed by atoms with van der Waals surface area (Å²) in [6, 6.07) is 5.94. The van der Waals surface area contributed by atoms with E-state index in [1.165, 1.54) is 6.07 Å². The molecule has 172 valence electrons. The Hall–Kier alpha value is -2.33. The Morgan fingerprint density at radius 1 is 1.34 bits per heavy atom. The van der Waals surface area contributed by atoms with Crippen LogP contribution in [0.2, 0.25) is 5.02 Å². The molecule has 3 atom stereocenters. The molecule has 0 amide bonds. The minimum atomic E-state index is -0.686. The third-order valence-electron chi connectivity index (χ3n) is 5.56. The Bertz CT molecular complexity index is 1170. The number of nitrogens with one attached hydrogen (secondary N) is 1. The highest BCUT2D eigenvalue weighted by Gasteiger charge is 2.26. The van der Waals surface area contributed by atoms with Gasteiger partial charge < -0.3 is 20.0 Å². The maximum absolute atomic E-state index is 14.0. The molecule has 7 nitrogen and oxygen atoms in total. The van der Waals surface area contributed by atoms with Gasteiger partial charge in [0, 0.05) is 22.8 Å². The summed E-state index contributed by atoms with van der Waals surface area (Å²) < 4.78 is 24.2. The molecular formula is C22H25ClFN3O4S. The van der Waals surface area contributed by atoms with E-state index >= 15 is 0 Å². The van der Waals surface area contributed by atoms with Crippen LogP contribution in [0.25, 0.3) is 0 Å². The van der Waals surface area contributed by atoms with Crippen molar-refractivity contribution < 1.29 is 18.7 Å². The van der Waals surface area contributed by atoms with Gasteiger partial charge >= 0.3 is 5.76 Å². The third kappa shape index (κ3) is 5.01. The van der Waals surface area contributed by atoms with E-state index in [2.05, 4.69) is 22.8 Å². The van der Waals surface area contributed by atoms with Gasteiger partial charge in [-0.2, -0.15) is 0 Å². The number of nitrogens with zero attached hydrogens (tertiary/aromatic N) is 1. The second-order valence-corrected chi connectivity index (χ2v) is 8.52. The van der Waals surface area contributed by atoms with E-state index in [0.29, 0.717) is 34.9 Å². The molecule has 32 heavy (non-hydrogen) atoms. The van der Waals surface area contributed by atoms with Gasteiger partial charge in [0.05, 0.1) is 23.8 Å². The van der Waals surface area contributed by atoms with E-state index in [1.807, 2.05) is 13.8 Å². The van der Waals surface area contributed by atoms with Crippen molar-refractivity contribution in [3.63, 3.8) is 0 Å². The van der Waals surface area contributed by atoms with Gasteiger partial charge in [-0.1, -0.05) is 24.6 Å². The number of nitrogens with two attached hydrogens (primary N) is 1. The quantitative estimate of drug-likeness (QED) is 0.413. The van der Waals surface area contributed by atoms with Crippen molar-refractivity contribution in [2.45, 2.75) is 50.2 Å². The number of fused-ring (bicyclic) bond motifs is 1. The summed E-state index contributed by atoms with van der Waals surface area (Å²) in [7, 11) is 0. The van der Waals surface area contributed by atoms with E-state index < -0.39 is 17.9 Å². The van der Waals surface area contributed by atoms with Crippen LogP contribution >= 0.6 is 24.2 Å². The zero-order valence-electron chi connectivity index (χ0n) is 17.9. The molecule has 1 aromatic heterocycles. The monoisotopic (exact) mass is 481 g/mol.